The number of halogens is 1. The minimum absolute atomic E-state index is 0.207. The number of nitrogens with zero attached hydrogens (tertiary/aromatic N) is 1. The molecule has 0 saturated carbocycles. The zero-order valence-electron chi connectivity index (χ0n) is 10.1. The third-order valence-electron chi connectivity index (χ3n) is 3.30. The summed E-state index contributed by atoms with van der Waals surface area (Å²) < 4.78 is 13.9. The molecule has 4 heteroatoms. The van der Waals surface area contributed by atoms with Crippen molar-refractivity contribution in [2.45, 2.75) is 32.0 Å². The van der Waals surface area contributed by atoms with Crippen LogP contribution < -0.4 is 5.73 Å². The Morgan fingerprint density at radius 1 is 1.47 bits per heavy atom. The molecule has 1 aliphatic heterocycles. The average molecular weight is 238 g/mol. The van der Waals surface area contributed by atoms with Gasteiger partial charge in [-0.1, -0.05) is 18.2 Å². The molecule has 1 aliphatic rings. The number of rotatable bonds is 3. The minimum atomic E-state index is -0.637. The topological polar surface area (TPSA) is 49.5 Å². The maximum Gasteiger partial charge on any atom is 0.132 e. The summed E-state index contributed by atoms with van der Waals surface area (Å²) in [7, 11) is 0. The van der Waals surface area contributed by atoms with Crippen LogP contribution in [0.2, 0.25) is 0 Å². The molecule has 1 unspecified atom stereocenters. The Hall–Kier alpha value is -0.970. The lowest BCUT2D eigenvalue weighted by Crippen LogP contribution is -2.29. The lowest BCUT2D eigenvalue weighted by molar-refractivity contribution is 0.0677. The number of β-amino-alcohol motifs (C(OH)–C–C–N with tert-alkyl or cyclic N) is 1. The van der Waals surface area contributed by atoms with Gasteiger partial charge in [-0.2, -0.15) is 0 Å². The van der Waals surface area contributed by atoms with Gasteiger partial charge in [-0.15, -0.1) is 0 Å². The molecule has 0 amide bonds. The second-order valence-corrected chi connectivity index (χ2v) is 5.05. The predicted molar refractivity (Wildman–Crippen MR) is 64.8 cm³/mol. The predicted octanol–water partition coefficient (Wildman–Crippen LogP) is 1.24. The van der Waals surface area contributed by atoms with Gasteiger partial charge in [0.15, 0.2) is 0 Å². The number of likely N-dealkylation sites (tertiary alicyclic amines) is 1. The van der Waals surface area contributed by atoms with Gasteiger partial charge < -0.3 is 10.8 Å². The fourth-order valence-electron chi connectivity index (χ4n) is 2.33. The highest BCUT2D eigenvalue weighted by atomic mass is 19.1. The third-order valence-corrected chi connectivity index (χ3v) is 3.30. The van der Waals surface area contributed by atoms with Crippen LogP contribution in [-0.4, -0.2) is 28.7 Å². The van der Waals surface area contributed by atoms with Gasteiger partial charge in [-0.05, 0) is 13.3 Å². The number of aliphatic hydroxyl groups is 1. The molecule has 94 valence electrons. The zero-order chi connectivity index (χ0) is 12.5. The first-order valence-electron chi connectivity index (χ1n) is 5.93. The Morgan fingerprint density at radius 3 is 2.76 bits per heavy atom. The van der Waals surface area contributed by atoms with Crippen LogP contribution in [0.25, 0.3) is 0 Å². The van der Waals surface area contributed by atoms with Crippen LogP contribution in [0.15, 0.2) is 18.2 Å². The van der Waals surface area contributed by atoms with Gasteiger partial charge >= 0.3 is 0 Å². The average Bonchev–Trinajstić information content (AvgIpc) is 2.61. The molecule has 17 heavy (non-hydrogen) atoms. The molecule has 1 atom stereocenters. The van der Waals surface area contributed by atoms with E-state index in [2.05, 4.69) is 4.90 Å². The highest BCUT2D eigenvalue weighted by Crippen LogP contribution is 2.23. The van der Waals surface area contributed by atoms with E-state index in [1.807, 2.05) is 13.0 Å². The third kappa shape index (κ3) is 2.83. The van der Waals surface area contributed by atoms with Crippen molar-refractivity contribution >= 4 is 0 Å². The van der Waals surface area contributed by atoms with Crippen molar-refractivity contribution in [3.05, 3.63) is 35.1 Å². The molecular formula is C13H19FN2O. The highest BCUT2D eigenvalue weighted by Gasteiger charge is 2.31. The van der Waals surface area contributed by atoms with Crippen LogP contribution in [0, 0.1) is 5.82 Å². The Labute approximate surface area is 101 Å². The quantitative estimate of drug-likeness (QED) is 0.833. The standard InChI is InChI=1S/C13H19FN2O/c1-13(17)5-6-16(9-13)8-11-4-2-3-10(7-15)12(11)14/h2-4,17H,5-9,15H2,1H3. The van der Waals surface area contributed by atoms with Gasteiger partial charge in [0.1, 0.15) is 5.82 Å². The Balaban J connectivity index is 2.09. The van der Waals surface area contributed by atoms with E-state index in [0.29, 0.717) is 24.2 Å². The van der Waals surface area contributed by atoms with Gasteiger partial charge in [-0.25, -0.2) is 4.39 Å². The summed E-state index contributed by atoms with van der Waals surface area (Å²) in [6.45, 7) is 3.98. The molecule has 1 aromatic carbocycles. The van der Waals surface area contributed by atoms with Crippen molar-refractivity contribution in [1.82, 2.24) is 4.90 Å². The van der Waals surface area contributed by atoms with Crippen LogP contribution in [0.3, 0.4) is 0 Å². The fraction of sp³-hybridized carbons (Fsp3) is 0.538. The van der Waals surface area contributed by atoms with Crippen LogP contribution >= 0.6 is 0 Å². The van der Waals surface area contributed by atoms with Gasteiger partial charge in [0.05, 0.1) is 5.60 Å². The summed E-state index contributed by atoms with van der Waals surface area (Å²) in [6.07, 6.45) is 0.741. The van der Waals surface area contributed by atoms with Crippen molar-refractivity contribution in [2.75, 3.05) is 13.1 Å². The van der Waals surface area contributed by atoms with Crippen LogP contribution in [0.1, 0.15) is 24.5 Å². The zero-order valence-corrected chi connectivity index (χ0v) is 10.1. The minimum Gasteiger partial charge on any atom is -0.389 e. The lowest BCUT2D eigenvalue weighted by atomic mass is 10.1. The molecule has 1 saturated heterocycles. The van der Waals surface area contributed by atoms with E-state index in [1.165, 1.54) is 0 Å². The summed E-state index contributed by atoms with van der Waals surface area (Å²) in [5.74, 6) is -0.207. The van der Waals surface area contributed by atoms with E-state index < -0.39 is 5.60 Å². The molecule has 0 bridgehead atoms. The number of nitrogens with two attached hydrogens (primary N) is 1. The van der Waals surface area contributed by atoms with Gasteiger partial charge in [0.2, 0.25) is 0 Å². The monoisotopic (exact) mass is 238 g/mol. The Bertz CT molecular complexity index is 406. The molecule has 1 fully saturated rings. The molecule has 0 aromatic heterocycles. The van der Waals surface area contributed by atoms with Crippen molar-refractivity contribution in [2.24, 2.45) is 5.73 Å². The van der Waals surface area contributed by atoms with Gasteiger partial charge in [0, 0.05) is 37.3 Å². The molecular weight excluding hydrogens is 219 g/mol. The maximum atomic E-state index is 13.9. The fourth-order valence-corrected chi connectivity index (χ4v) is 2.33. The van der Waals surface area contributed by atoms with E-state index in [0.717, 1.165) is 13.0 Å². The number of hydrogen-bond donors (Lipinski definition) is 2. The SMILES string of the molecule is CC1(O)CCN(Cc2cccc(CN)c2F)C1. The molecule has 3 N–H and O–H groups in total. The van der Waals surface area contributed by atoms with E-state index in [1.54, 1.807) is 12.1 Å². The Morgan fingerprint density at radius 2 is 2.18 bits per heavy atom. The molecule has 2 rings (SSSR count). The van der Waals surface area contributed by atoms with Gasteiger partial charge in [0.25, 0.3) is 0 Å². The van der Waals surface area contributed by atoms with Crippen molar-refractivity contribution in [3.63, 3.8) is 0 Å². The normalized spacial score (nSPS) is 25.4. The molecule has 3 nitrogen and oxygen atoms in total. The molecule has 0 radical (unpaired) electrons. The van der Waals surface area contributed by atoms with Crippen molar-refractivity contribution < 1.29 is 9.50 Å². The smallest absolute Gasteiger partial charge is 0.132 e. The summed E-state index contributed by atoms with van der Waals surface area (Å²) >= 11 is 0. The summed E-state index contributed by atoms with van der Waals surface area (Å²) in [4.78, 5) is 2.07. The summed E-state index contributed by atoms with van der Waals surface area (Å²) in [5, 5.41) is 9.86. The molecule has 1 aromatic rings. The van der Waals surface area contributed by atoms with Crippen LogP contribution in [0.5, 0.6) is 0 Å². The second-order valence-electron chi connectivity index (χ2n) is 5.05. The molecule has 0 spiro atoms. The number of benzene rings is 1. The van der Waals surface area contributed by atoms with Crippen LogP contribution in [0.4, 0.5) is 4.39 Å². The van der Waals surface area contributed by atoms with Gasteiger partial charge in [-0.3, -0.25) is 4.90 Å². The maximum absolute atomic E-state index is 13.9. The summed E-state index contributed by atoms with van der Waals surface area (Å²) in [6, 6.07) is 5.31. The first-order chi connectivity index (χ1) is 8.02. The summed E-state index contributed by atoms with van der Waals surface area (Å²) in [5.41, 5.74) is 6.05. The van der Waals surface area contributed by atoms with Crippen molar-refractivity contribution in [1.29, 1.82) is 0 Å². The number of hydrogen-bond acceptors (Lipinski definition) is 3. The van der Waals surface area contributed by atoms with E-state index in [9.17, 15) is 9.50 Å². The first kappa shape index (κ1) is 12.5. The van der Waals surface area contributed by atoms with E-state index in [4.69, 9.17) is 5.73 Å². The molecule has 1 heterocycles. The second kappa shape index (κ2) is 4.72. The molecule has 0 aliphatic carbocycles. The highest BCUT2D eigenvalue weighted by molar-refractivity contribution is 5.26. The van der Waals surface area contributed by atoms with E-state index >= 15 is 0 Å². The van der Waals surface area contributed by atoms with Crippen molar-refractivity contribution in [3.8, 4) is 0 Å². The first-order valence-corrected chi connectivity index (χ1v) is 5.93. The van der Waals surface area contributed by atoms with Crippen LogP contribution in [-0.2, 0) is 13.1 Å². The van der Waals surface area contributed by atoms with E-state index in [-0.39, 0.29) is 12.4 Å². The largest absolute Gasteiger partial charge is 0.389 e. The lowest BCUT2D eigenvalue weighted by Gasteiger charge is -2.19. The Kier molecular flexibility index (Phi) is 3.47.